The quantitative estimate of drug-likeness (QED) is 0.814. The highest BCUT2D eigenvalue weighted by molar-refractivity contribution is 5.85. The fourth-order valence-corrected chi connectivity index (χ4v) is 3.02. The van der Waals surface area contributed by atoms with Crippen LogP contribution in [-0.2, 0) is 11.3 Å². The number of carbonyl (C=O) groups excluding carboxylic acids is 1. The molecule has 0 heterocycles. The van der Waals surface area contributed by atoms with Gasteiger partial charge in [0.1, 0.15) is 6.10 Å². The molecular formula is C20H23NO2. The van der Waals surface area contributed by atoms with Crippen molar-refractivity contribution in [2.24, 2.45) is 0 Å². The summed E-state index contributed by atoms with van der Waals surface area (Å²) in [6, 6.07) is 14.3. The van der Waals surface area contributed by atoms with Crippen molar-refractivity contribution >= 4 is 16.9 Å². The number of hydrogen-bond donors (Lipinski definition) is 1. The van der Waals surface area contributed by atoms with Gasteiger partial charge in [0.25, 0.3) is 0 Å². The normalized spacial score (nSPS) is 19.6. The summed E-state index contributed by atoms with van der Waals surface area (Å²) in [5.74, 6) is 0. The minimum atomic E-state index is -0.340. The maximum Gasteiger partial charge on any atom is 0.407 e. The molecule has 1 atom stereocenters. The standard InChI is InChI=1S/C20H23NO2/c22-20(23-18-12-4-2-1-3-5-13-18)21-15-17-11-8-10-16-9-6-7-14-19(16)17/h4,6-12,14,18H,1-3,5,13,15H2,(H,21,22)/b12-4+. The maximum atomic E-state index is 12.1. The number of rotatable bonds is 3. The van der Waals surface area contributed by atoms with E-state index in [9.17, 15) is 4.79 Å². The van der Waals surface area contributed by atoms with Crippen LogP contribution in [0, 0.1) is 0 Å². The highest BCUT2D eigenvalue weighted by Crippen LogP contribution is 2.18. The Morgan fingerprint density at radius 3 is 2.91 bits per heavy atom. The van der Waals surface area contributed by atoms with Gasteiger partial charge in [-0.3, -0.25) is 0 Å². The van der Waals surface area contributed by atoms with E-state index in [4.69, 9.17) is 4.74 Å². The van der Waals surface area contributed by atoms with Crippen molar-refractivity contribution < 1.29 is 9.53 Å². The van der Waals surface area contributed by atoms with Crippen molar-refractivity contribution in [2.45, 2.75) is 44.8 Å². The molecule has 3 heteroatoms. The Morgan fingerprint density at radius 1 is 1.09 bits per heavy atom. The van der Waals surface area contributed by atoms with Crippen LogP contribution in [0.25, 0.3) is 10.8 Å². The van der Waals surface area contributed by atoms with Crippen molar-refractivity contribution in [2.75, 3.05) is 0 Å². The van der Waals surface area contributed by atoms with Crippen LogP contribution in [0.5, 0.6) is 0 Å². The summed E-state index contributed by atoms with van der Waals surface area (Å²) in [6.07, 6.45) is 9.27. The lowest BCUT2D eigenvalue weighted by atomic mass is 10.0. The van der Waals surface area contributed by atoms with Crippen LogP contribution >= 0.6 is 0 Å². The highest BCUT2D eigenvalue weighted by atomic mass is 16.6. The zero-order chi connectivity index (χ0) is 15.9. The van der Waals surface area contributed by atoms with Gasteiger partial charge < -0.3 is 10.1 Å². The molecule has 0 aliphatic heterocycles. The molecule has 0 aromatic heterocycles. The molecule has 3 nitrogen and oxygen atoms in total. The van der Waals surface area contributed by atoms with Crippen molar-refractivity contribution in [3.05, 3.63) is 60.2 Å². The predicted octanol–water partition coefficient (Wildman–Crippen LogP) is 4.95. The number of alkyl carbamates (subject to hydrolysis) is 1. The Morgan fingerprint density at radius 2 is 1.96 bits per heavy atom. The second-order valence-electron chi connectivity index (χ2n) is 6.00. The smallest absolute Gasteiger partial charge is 0.407 e. The Labute approximate surface area is 137 Å². The van der Waals surface area contributed by atoms with E-state index in [0.717, 1.165) is 24.8 Å². The molecule has 0 fully saturated rings. The van der Waals surface area contributed by atoms with Crippen molar-refractivity contribution in [1.29, 1.82) is 0 Å². The average molecular weight is 309 g/mol. The SMILES string of the molecule is O=C(NCc1cccc2ccccc12)OC1/C=C/CCCCC1. The van der Waals surface area contributed by atoms with Crippen molar-refractivity contribution in [3.8, 4) is 0 Å². The molecule has 1 unspecified atom stereocenters. The van der Waals surface area contributed by atoms with Gasteiger partial charge in [-0.25, -0.2) is 4.79 Å². The number of allylic oxidation sites excluding steroid dienone is 1. The molecule has 1 amide bonds. The van der Waals surface area contributed by atoms with E-state index in [2.05, 4.69) is 29.6 Å². The monoisotopic (exact) mass is 309 g/mol. The van der Waals surface area contributed by atoms with E-state index in [1.54, 1.807) is 0 Å². The van der Waals surface area contributed by atoms with E-state index >= 15 is 0 Å². The van der Waals surface area contributed by atoms with Gasteiger partial charge >= 0.3 is 6.09 Å². The molecule has 2 aromatic rings. The first-order valence-corrected chi connectivity index (χ1v) is 8.41. The van der Waals surface area contributed by atoms with E-state index in [1.807, 2.05) is 30.3 Å². The number of carbonyl (C=O) groups is 1. The minimum Gasteiger partial charge on any atom is -0.442 e. The number of benzene rings is 2. The Kier molecular flexibility index (Phi) is 5.30. The molecule has 0 bridgehead atoms. The summed E-state index contributed by atoms with van der Waals surface area (Å²) in [4.78, 5) is 12.1. The molecule has 1 aliphatic carbocycles. The van der Waals surface area contributed by atoms with Gasteiger partial charge in [-0.15, -0.1) is 0 Å². The predicted molar refractivity (Wildman–Crippen MR) is 93.3 cm³/mol. The molecule has 1 N–H and O–H groups in total. The third-order valence-electron chi connectivity index (χ3n) is 4.27. The van der Waals surface area contributed by atoms with E-state index < -0.39 is 0 Å². The lowest BCUT2D eigenvalue weighted by Gasteiger charge is -2.17. The van der Waals surface area contributed by atoms with Gasteiger partial charge in [0.15, 0.2) is 0 Å². The lowest BCUT2D eigenvalue weighted by molar-refractivity contribution is 0.113. The fourth-order valence-electron chi connectivity index (χ4n) is 3.02. The second-order valence-corrected chi connectivity index (χ2v) is 6.00. The molecule has 0 radical (unpaired) electrons. The number of ether oxygens (including phenoxy) is 1. The first-order valence-electron chi connectivity index (χ1n) is 8.41. The van der Waals surface area contributed by atoms with Crippen LogP contribution in [0.3, 0.4) is 0 Å². The molecule has 0 saturated carbocycles. The third kappa shape index (κ3) is 4.35. The van der Waals surface area contributed by atoms with Crippen LogP contribution in [0.4, 0.5) is 4.79 Å². The van der Waals surface area contributed by atoms with Crippen LogP contribution < -0.4 is 5.32 Å². The van der Waals surface area contributed by atoms with Crippen molar-refractivity contribution in [1.82, 2.24) is 5.32 Å². The van der Waals surface area contributed by atoms with Crippen LogP contribution in [0.1, 0.15) is 37.7 Å². The molecular weight excluding hydrogens is 286 g/mol. The van der Waals surface area contributed by atoms with Gasteiger partial charge in [0.05, 0.1) is 0 Å². The van der Waals surface area contributed by atoms with E-state index in [1.165, 1.54) is 23.6 Å². The zero-order valence-corrected chi connectivity index (χ0v) is 13.3. The highest BCUT2D eigenvalue weighted by Gasteiger charge is 2.12. The van der Waals surface area contributed by atoms with E-state index in [0.29, 0.717) is 6.54 Å². The summed E-state index contributed by atoms with van der Waals surface area (Å²) in [5.41, 5.74) is 1.10. The molecule has 0 saturated heterocycles. The van der Waals surface area contributed by atoms with Gasteiger partial charge in [-0.1, -0.05) is 55.0 Å². The van der Waals surface area contributed by atoms with Crippen molar-refractivity contribution in [3.63, 3.8) is 0 Å². The summed E-state index contributed by atoms with van der Waals surface area (Å²) >= 11 is 0. The van der Waals surface area contributed by atoms with E-state index in [-0.39, 0.29) is 12.2 Å². The first-order chi connectivity index (χ1) is 11.3. The minimum absolute atomic E-state index is 0.0946. The third-order valence-corrected chi connectivity index (χ3v) is 4.27. The average Bonchev–Trinajstić information content (AvgIpc) is 2.55. The lowest BCUT2D eigenvalue weighted by Crippen LogP contribution is -2.28. The molecule has 120 valence electrons. The molecule has 3 rings (SSSR count). The number of fused-ring (bicyclic) bond motifs is 1. The largest absolute Gasteiger partial charge is 0.442 e. The summed E-state index contributed by atoms with van der Waals surface area (Å²) in [5, 5.41) is 5.23. The Balaban J connectivity index is 1.58. The fraction of sp³-hybridized carbons (Fsp3) is 0.350. The van der Waals surface area contributed by atoms with Crippen LogP contribution in [-0.4, -0.2) is 12.2 Å². The van der Waals surface area contributed by atoms with Crippen LogP contribution in [0.15, 0.2) is 54.6 Å². The first kappa shape index (κ1) is 15.6. The Bertz CT molecular complexity index is 688. The molecule has 1 aliphatic rings. The number of amides is 1. The van der Waals surface area contributed by atoms with Crippen LogP contribution in [0.2, 0.25) is 0 Å². The van der Waals surface area contributed by atoms with Gasteiger partial charge in [-0.05, 0) is 48.1 Å². The summed E-state index contributed by atoms with van der Waals surface area (Å²) in [7, 11) is 0. The van der Waals surface area contributed by atoms with Gasteiger partial charge in [0, 0.05) is 6.54 Å². The molecule has 2 aromatic carbocycles. The Hall–Kier alpha value is -2.29. The zero-order valence-electron chi connectivity index (χ0n) is 13.3. The second kappa shape index (κ2) is 7.82. The van der Waals surface area contributed by atoms with Gasteiger partial charge in [-0.2, -0.15) is 0 Å². The summed E-state index contributed by atoms with van der Waals surface area (Å²) in [6.45, 7) is 0.483. The topological polar surface area (TPSA) is 38.3 Å². The molecule has 0 spiro atoms. The summed E-state index contributed by atoms with van der Waals surface area (Å²) < 4.78 is 5.52. The maximum absolute atomic E-state index is 12.1. The number of nitrogens with one attached hydrogen (secondary N) is 1. The number of hydrogen-bond acceptors (Lipinski definition) is 2. The molecule has 23 heavy (non-hydrogen) atoms. The van der Waals surface area contributed by atoms with Gasteiger partial charge in [0.2, 0.25) is 0 Å².